The molecule has 3 nitrogen and oxygen atoms in total. The lowest BCUT2D eigenvalue weighted by Crippen LogP contribution is -2.14. The zero-order valence-corrected chi connectivity index (χ0v) is 12.8. The molecule has 0 aliphatic heterocycles. The molecular weight excluding hydrogens is 325 g/mol. The Kier molecular flexibility index (Phi) is 4.62. The van der Waals surface area contributed by atoms with Crippen LogP contribution in [0.5, 0.6) is 11.5 Å². The van der Waals surface area contributed by atoms with Crippen molar-refractivity contribution in [1.29, 1.82) is 0 Å². The molecule has 2 aromatic carbocycles. The second kappa shape index (κ2) is 6.24. The smallest absolute Gasteiger partial charge is 0.163 e. The van der Waals surface area contributed by atoms with Crippen LogP contribution in [0.3, 0.4) is 0 Å². The lowest BCUT2D eigenvalue weighted by molar-refractivity contribution is 0.351. The van der Waals surface area contributed by atoms with Gasteiger partial charge < -0.3 is 15.2 Å². The summed E-state index contributed by atoms with van der Waals surface area (Å²) >= 11 is 3.38. The molecule has 0 saturated carbocycles. The molecule has 0 fully saturated rings. The van der Waals surface area contributed by atoms with Gasteiger partial charge in [-0.15, -0.1) is 0 Å². The predicted octanol–water partition coefficient (Wildman–Crippen LogP) is 3.65. The molecular formula is C15H15BrFNO2. The summed E-state index contributed by atoms with van der Waals surface area (Å²) in [6.45, 7) is 0. The van der Waals surface area contributed by atoms with E-state index in [1.165, 1.54) is 20.3 Å². The first-order chi connectivity index (χ1) is 9.56. The van der Waals surface area contributed by atoms with Crippen molar-refractivity contribution >= 4 is 15.9 Å². The molecule has 0 heterocycles. The van der Waals surface area contributed by atoms with Crippen molar-refractivity contribution in [3.8, 4) is 11.5 Å². The first kappa shape index (κ1) is 14.8. The van der Waals surface area contributed by atoms with Crippen LogP contribution < -0.4 is 15.2 Å². The van der Waals surface area contributed by atoms with Crippen molar-refractivity contribution in [3.05, 3.63) is 57.8 Å². The van der Waals surface area contributed by atoms with Crippen molar-refractivity contribution in [2.24, 2.45) is 5.73 Å². The van der Waals surface area contributed by atoms with E-state index in [9.17, 15) is 4.39 Å². The molecule has 2 aromatic rings. The van der Waals surface area contributed by atoms with Crippen LogP contribution in [0, 0.1) is 5.82 Å². The van der Waals surface area contributed by atoms with E-state index in [0.717, 1.165) is 10.0 Å². The predicted molar refractivity (Wildman–Crippen MR) is 79.7 cm³/mol. The Labute approximate surface area is 125 Å². The number of ether oxygens (including phenoxy) is 2. The van der Waals surface area contributed by atoms with Gasteiger partial charge in [0.15, 0.2) is 11.5 Å². The van der Waals surface area contributed by atoms with Gasteiger partial charge in [-0.3, -0.25) is 0 Å². The average Bonchev–Trinajstić information content (AvgIpc) is 2.46. The van der Waals surface area contributed by atoms with E-state index in [1.54, 1.807) is 6.07 Å². The van der Waals surface area contributed by atoms with Gasteiger partial charge in [-0.1, -0.05) is 28.1 Å². The topological polar surface area (TPSA) is 44.5 Å². The van der Waals surface area contributed by atoms with E-state index in [2.05, 4.69) is 15.9 Å². The first-order valence-corrected chi connectivity index (χ1v) is 6.78. The average molecular weight is 340 g/mol. The van der Waals surface area contributed by atoms with Crippen LogP contribution in [0.15, 0.2) is 40.9 Å². The third kappa shape index (κ3) is 2.94. The van der Waals surface area contributed by atoms with E-state index in [4.69, 9.17) is 15.2 Å². The molecule has 0 aliphatic carbocycles. The summed E-state index contributed by atoms with van der Waals surface area (Å²) in [4.78, 5) is 0. The minimum absolute atomic E-state index is 0.343. The highest BCUT2D eigenvalue weighted by molar-refractivity contribution is 9.10. The highest BCUT2D eigenvalue weighted by atomic mass is 79.9. The van der Waals surface area contributed by atoms with Crippen molar-refractivity contribution in [1.82, 2.24) is 0 Å². The van der Waals surface area contributed by atoms with Crippen LogP contribution in [-0.2, 0) is 0 Å². The van der Waals surface area contributed by atoms with E-state index in [0.29, 0.717) is 17.1 Å². The summed E-state index contributed by atoms with van der Waals surface area (Å²) in [6.07, 6.45) is 0. The van der Waals surface area contributed by atoms with Gasteiger partial charge >= 0.3 is 0 Å². The highest BCUT2D eigenvalue weighted by Gasteiger charge is 2.18. The normalized spacial score (nSPS) is 12.1. The number of benzene rings is 2. The van der Waals surface area contributed by atoms with Crippen LogP contribution in [0.1, 0.15) is 17.2 Å². The van der Waals surface area contributed by atoms with Gasteiger partial charge in [0.1, 0.15) is 5.82 Å². The molecule has 0 radical (unpaired) electrons. The Morgan fingerprint density at radius 2 is 1.75 bits per heavy atom. The fourth-order valence-electron chi connectivity index (χ4n) is 1.99. The molecule has 2 rings (SSSR count). The fraction of sp³-hybridized carbons (Fsp3) is 0.200. The van der Waals surface area contributed by atoms with Gasteiger partial charge in [0.05, 0.1) is 20.3 Å². The standard InChI is InChI=1S/C15H15BrFNO2/c1-19-13-7-11(12(17)8-14(13)20-2)15(18)9-4-3-5-10(16)6-9/h3-8,15H,18H2,1-2H3. The third-order valence-electron chi connectivity index (χ3n) is 3.05. The van der Waals surface area contributed by atoms with Gasteiger partial charge in [-0.25, -0.2) is 4.39 Å². The number of hydrogen-bond donors (Lipinski definition) is 1. The molecule has 0 aromatic heterocycles. The molecule has 0 spiro atoms. The van der Waals surface area contributed by atoms with Crippen molar-refractivity contribution in [2.75, 3.05) is 14.2 Å². The van der Waals surface area contributed by atoms with Gasteiger partial charge in [-0.2, -0.15) is 0 Å². The van der Waals surface area contributed by atoms with Gasteiger partial charge in [0.2, 0.25) is 0 Å². The van der Waals surface area contributed by atoms with E-state index >= 15 is 0 Å². The number of nitrogens with two attached hydrogens (primary N) is 1. The molecule has 0 bridgehead atoms. The minimum atomic E-state index is -0.577. The highest BCUT2D eigenvalue weighted by Crippen LogP contribution is 2.34. The van der Waals surface area contributed by atoms with Crippen LogP contribution in [0.25, 0.3) is 0 Å². The molecule has 2 N–H and O–H groups in total. The quantitative estimate of drug-likeness (QED) is 0.924. The van der Waals surface area contributed by atoms with Crippen molar-refractivity contribution in [2.45, 2.75) is 6.04 Å². The Hall–Kier alpha value is -1.59. The van der Waals surface area contributed by atoms with Crippen LogP contribution in [0.4, 0.5) is 4.39 Å². The maximum absolute atomic E-state index is 14.2. The molecule has 106 valence electrons. The Balaban J connectivity index is 2.46. The van der Waals surface area contributed by atoms with Crippen LogP contribution in [-0.4, -0.2) is 14.2 Å². The number of hydrogen-bond acceptors (Lipinski definition) is 3. The second-order valence-electron chi connectivity index (χ2n) is 4.26. The number of methoxy groups -OCH3 is 2. The molecule has 20 heavy (non-hydrogen) atoms. The summed E-state index contributed by atoms with van der Waals surface area (Å²) in [7, 11) is 2.97. The molecule has 1 atom stereocenters. The monoisotopic (exact) mass is 339 g/mol. The number of halogens is 2. The Bertz CT molecular complexity index is 619. The Morgan fingerprint density at radius 1 is 1.10 bits per heavy atom. The third-order valence-corrected chi connectivity index (χ3v) is 3.54. The van der Waals surface area contributed by atoms with E-state index < -0.39 is 11.9 Å². The SMILES string of the molecule is COc1cc(F)c(C(N)c2cccc(Br)c2)cc1OC. The zero-order chi connectivity index (χ0) is 14.7. The first-order valence-electron chi connectivity index (χ1n) is 5.99. The van der Waals surface area contributed by atoms with E-state index in [1.807, 2.05) is 24.3 Å². The molecule has 0 aliphatic rings. The maximum Gasteiger partial charge on any atom is 0.163 e. The van der Waals surface area contributed by atoms with Gasteiger partial charge in [-0.05, 0) is 23.8 Å². The van der Waals surface area contributed by atoms with Gasteiger partial charge in [0.25, 0.3) is 0 Å². The summed E-state index contributed by atoms with van der Waals surface area (Å²) in [5, 5.41) is 0. The van der Waals surface area contributed by atoms with Crippen molar-refractivity contribution < 1.29 is 13.9 Å². The second-order valence-corrected chi connectivity index (χ2v) is 5.18. The zero-order valence-electron chi connectivity index (χ0n) is 11.2. The maximum atomic E-state index is 14.2. The molecule has 1 unspecified atom stereocenters. The van der Waals surface area contributed by atoms with Crippen LogP contribution in [0.2, 0.25) is 0 Å². The Morgan fingerprint density at radius 3 is 2.35 bits per heavy atom. The summed E-state index contributed by atoms with van der Waals surface area (Å²) in [5.74, 6) is 0.375. The number of rotatable bonds is 4. The summed E-state index contributed by atoms with van der Waals surface area (Å²) in [6, 6.07) is 9.74. The summed E-state index contributed by atoms with van der Waals surface area (Å²) < 4.78 is 25.3. The van der Waals surface area contributed by atoms with Crippen molar-refractivity contribution in [3.63, 3.8) is 0 Å². The van der Waals surface area contributed by atoms with E-state index in [-0.39, 0.29) is 0 Å². The molecule has 5 heteroatoms. The largest absolute Gasteiger partial charge is 0.493 e. The van der Waals surface area contributed by atoms with Gasteiger partial charge in [0, 0.05) is 16.1 Å². The fourth-order valence-corrected chi connectivity index (χ4v) is 2.40. The summed E-state index contributed by atoms with van der Waals surface area (Å²) in [5.41, 5.74) is 7.32. The van der Waals surface area contributed by atoms with Crippen LogP contribution >= 0.6 is 15.9 Å². The lowest BCUT2D eigenvalue weighted by Gasteiger charge is -2.16. The lowest BCUT2D eigenvalue weighted by atomic mass is 9.98. The molecule has 0 saturated heterocycles. The molecule has 0 amide bonds. The minimum Gasteiger partial charge on any atom is -0.493 e.